The lowest BCUT2D eigenvalue weighted by Crippen LogP contribution is -2.35. The summed E-state index contributed by atoms with van der Waals surface area (Å²) in [5.74, 6) is 0.0105. The molecule has 1 atom stereocenters. The number of pyridine rings is 1. The van der Waals surface area contributed by atoms with E-state index in [2.05, 4.69) is 4.98 Å². The maximum atomic E-state index is 13.0. The number of likely N-dealkylation sites (tertiary alicyclic amines) is 1. The number of aryl methyl sites for hydroxylation is 1. The van der Waals surface area contributed by atoms with Crippen LogP contribution in [0.5, 0.6) is 0 Å². The van der Waals surface area contributed by atoms with Crippen molar-refractivity contribution >= 4 is 15.7 Å². The molecule has 2 aliphatic rings. The number of carbonyl (C=O) groups excluding carboxylic acids is 1. The molecule has 0 aliphatic carbocycles. The number of amides is 1. The fourth-order valence-electron chi connectivity index (χ4n) is 4.28. The zero-order valence-electron chi connectivity index (χ0n) is 15.2. The van der Waals surface area contributed by atoms with Gasteiger partial charge in [-0.25, -0.2) is 8.42 Å². The van der Waals surface area contributed by atoms with E-state index in [0.717, 1.165) is 11.1 Å². The minimum absolute atomic E-state index is 0.109. The van der Waals surface area contributed by atoms with Crippen LogP contribution in [-0.2, 0) is 9.84 Å². The summed E-state index contributed by atoms with van der Waals surface area (Å²) in [6.45, 7) is 2.70. The van der Waals surface area contributed by atoms with Crippen molar-refractivity contribution in [1.29, 1.82) is 0 Å². The summed E-state index contributed by atoms with van der Waals surface area (Å²) in [4.78, 5) is 29.9. The summed E-state index contributed by atoms with van der Waals surface area (Å²) in [6, 6.07) is 11.3. The van der Waals surface area contributed by atoms with Crippen LogP contribution < -0.4 is 5.56 Å². The van der Waals surface area contributed by atoms with Crippen molar-refractivity contribution < 1.29 is 13.2 Å². The third-order valence-electron chi connectivity index (χ3n) is 5.75. The minimum atomic E-state index is -3.01. The van der Waals surface area contributed by atoms with Crippen molar-refractivity contribution in [3.8, 4) is 11.1 Å². The Morgan fingerprint density at radius 2 is 1.93 bits per heavy atom. The van der Waals surface area contributed by atoms with E-state index in [9.17, 15) is 18.0 Å². The molecule has 6 nitrogen and oxygen atoms in total. The van der Waals surface area contributed by atoms with E-state index >= 15 is 0 Å². The van der Waals surface area contributed by atoms with Gasteiger partial charge in [0.15, 0.2) is 9.84 Å². The van der Waals surface area contributed by atoms with Crippen LogP contribution in [0.1, 0.15) is 28.9 Å². The molecule has 1 amide bonds. The van der Waals surface area contributed by atoms with Gasteiger partial charge in [-0.1, -0.05) is 30.3 Å². The number of rotatable bonds is 2. The third-order valence-corrected chi connectivity index (χ3v) is 7.63. The number of sulfone groups is 1. The van der Waals surface area contributed by atoms with Gasteiger partial charge in [-0.2, -0.15) is 0 Å². The first-order chi connectivity index (χ1) is 12.8. The van der Waals surface area contributed by atoms with Gasteiger partial charge in [0.05, 0.1) is 11.5 Å². The highest BCUT2D eigenvalue weighted by Crippen LogP contribution is 2.41. The number of hydrogen-bond acceptors (Lipinski definition) is 4. The Labute approximate surface area is 158 Å². The standard InChI is InChI=1S/C20H22N2O4S/c1-14-16(15-5-3-2-4-6-15)11-17(18(23)21-14)19(24)22-9-7-20(12-22)8-10-27(25,26)13-20/h2-6,11H,7-10,12-13H2,1H3,(H,21,23). The number of aromatic amines is 1. The molecule has 1 N–H and O–H groups in total. The van der Waals surface area contributed by atoms with Gasteiger partial charge in [-0.05, 0) is 31.4 Å². The molecular weight excluding hydrogens is 364 g/mol. The van der Waals surface area contributed by atoms with Gasteiger partial charge in [-0.3, -0.25) is 9.59 Å². The van der Waals surface area contributed by atoms with E-state index in [0.29, 0.717) is 31.6 Å². The monoisotopic (exact) mass is 386 g/mol. The van der Waals surface area contributed by atoms with Gasteiger partial charge < -0.3 is 9.88 Å². The molecule has 4 rings (SSSR count). The number of benzene rings is 1. The molecular formula is C20H22N2O4S. The van der Waals surface area contributed by atoms with Crippen molar-refractivity contribution in [2.45, 2.75) is 19.8 Å². The number of aromatic nitrogens is 1. The van der Waals surface area contributed by atoms with Gasteiger partial charge in [0.1, 0.15) is 5.56 Å². The van der Waals surface area contributed by atoms with E-state index in [1.807, 2.05) is 37.3 Å². The van der Waals surface area contributed by atoms with Crippen molar-refractivity contribution in [2.75, 3.05) is 24.6 Å². The van der Waals surface area contributed by atoms with E-state index < -0.39 is 15.4 Å². The molecule has 0 saturated carbocycles. The second-order valence-corrected chi connectivity index (χ2v) is 9.92. The number of nitrogens with one attached hydrogen (secondary N) is 1. The Morgan fingerprint density at radius 1 is 1.19 bits per heavy atom. The van der Waals surface area contributed by atoms with E-state index in [-0.39, 0.29) is 28.4 Å². The Hall–Kier alpha value is -2.41. The van der Waals surface area contributed by atoms with Crippen LogP contribution in [0.25, 0.3) is 11.1 Å². The van der Waals surface area contributed by atoms with Crippen LogP contribution in [0.2, 0.25) is 0 Å². The largest absolute Gasteiger partial charge is 0.338 e. The SMILES string of the molecule is Cc1[nH]c(=O)c(C(=O)N2CCC3(CCS(=O)(=O)C3)C2)cc1-c1ccccc1. The fraction of sp³-hybridized carbons (Fsp3) is 0.400. The molecule has 3 heterocycles. The van der Waals surface area contributed by atoms with Crippen LogP contribution >= 0.6 is 0 Å². The lowest BCUT2D eigenvalue weighted by atomic mass is 9.87. The van der Waals surface area contributed by atoms with Crippen LogP contribution in [0.15, 0.2) is 41.2 Å². The predicted octanol–water partition coefficient (Wildman–Crippen LogP) is 2.00. The zero-order chi connectivity index (χ0) is 19.2. The summed E-state index contributed by atoms with van der Waals surface area (Å²) in [5.41, 5.74) is 1.82. The van der Waals surface area contributed by atoms with E-state index in [1.54, 1.807) is 11.0 Å². The summed E-state index contributed by atoms with van der Waals surface area (Å²) < 4.78 is 23.7. The Morgan fingerprint density at radius 3 is 2.59 bits per heavy atom. The van der Waals surface area contributed by atoms with Crippen LogP contribution in [0.4, 0.5) is 0 Å². The van der Waals surface area contributed by atoms with Crippen LogP contribution in [0.3, 0.4) is 0 Å². The second kappa shape index (κ2) is 6.34. The lowest BCUT2D eigenvalue weighted by Gasteiger charge is -2.22. The molecule has 0 radical (unpaired) electrons. The maximum absolute atomic E-state index is 13.0. The van der Waals surface area contributed by atoms with Crippen LogP contribution in [-0.4, -0.2) is 48.8 Å². The lowest BCUT2D eigenvalue weighted by molar-refractivity contribution is 0.0775. The first-order valence-corrected chi connectivity index (χ1v) is 10.9. The van der Waals surface area contributed by atoms with Gasteiger partial charge in [-0.15, -0.1) is 0 Å². The molecule has 7 heteroatoms. The van der Waals surface area contributed by atoms with Crippen molar-refractivity contribution in [1.82, 2.24) is 9.88 Å². The first kappa shape index (κ1) is 18.0. The molecule has 1 aromatic carbocycles. The van der Waals surface area contributed by atoms with E-state index in [1.165, 1.54) is 0 Å². The highest BCUT2D eigenvalue weighted by molar-refractivity contribution is 7.91. The minimum Gasteiger partial charge on any atom is -0.338 e. The smallest absolute Gasteiger partial charge is 0.261 e. The summed E-state index contributed by atoms with van der Waals surface area (Å²) >= 11 is 0. The number of carbonyl (C=O) groups is 1. The maximum Gasteiger partial charge on any atom is 0.261 e. The quantitative estimate of drug-likeness (QED) is 0.855. The molecule has 1 unspecified atom stereocenters. The number of H-pyrrole nitrogens is 1. The Balaban J connectivity index is 1.64. The van der Waals surface area contributed by atoms with Gasteiger partial charge in [0, 0.05) is 29.8 Å². The van der Waals surface area contributed by atoms with E-state index in [4.69, 9.17) is 0 Å². The molecule has 142 valence electrons. The van der Waals surface area contributed by atoms with Gasteiger partial charge >= 0.3 is 0 Å². The molecule has 2 aliphatic heterocycles. The molecule has 0 bridgehead atoms. The molecule has 2 saturated heterocycles. The average Bonchev–Trinajstić information content (AvgIpc) is 3.18. The molecule has 2 fully saturated rings. The summed E-state index contributed by atoms with van der Waals surface area (Å²) in [6.07, 6.45) is 1.27. The molecule has 2 aromatic rings. The highest BCUT2D eigenvalue weighted by atomic mass is 32.2. The Kier molecular flexibility index (Phi) is 4.22. The molecule has 1 spiro atoms. The zero-order valence-corrected chi connectivity index (χ0v) is 16.0. The van der Waals surface area contributed by atoms with Crippen molar-refractivity contribution in [3.63, 3.8) is 0 Å². The van der Waals surface area contributed by atoms with Gasteiger partial charge in [0.25, 0.3) is 11.5 Å². The van der Waals surface area contributed by atoms with Crippen LogP contribution in [0, 0.1) is 12.3 Å². The predicted molar refractivity (Wildman–Crippen MR) is 103 cm³/mol. The highest BCUT2D eigenvalue weighted by Gasteiger charge is 2.47. The summed E-state index contributed by atoms with van der Waals surface area (Å²) in [7, 11) is -3.01. The molecule has 1 aromatic heterocycles. The normalized spacial score (nSPS) is 23.8. The van der Waals surface area contributed by atoms with Crippen molar-refractivity contribution in [2.24, 2.45) is 5.41 Å². The average molecular weight is 386 g/mol. The Bertz CT molecular complexity index is 1060. The fourth-order valence-corrected chi connectivity index (χ4v) is 6.48. The van der Waals surface area contributed by atoms with Gasteiger partial charge in [0.2, 0.25) is 0 Å². The summed E-state index contributed by atoms with van der Waals surface area (Å²) in [5, 5.41) is 0. The van der Waals surface area contributed by atoms with Crippen molar-refractivity contribution in [3.05, 3.63) is 58.0 Å². The number of hydrogen-bond donors (Lipinski definition) is 1. The topological polar surface area (TPSA) is 87.3 Å². The number of nitrogens with zero attached hydrogens (tertiary/aromatic N) is 1. The second-order valence-electron chi connectivity index (χ2n) is 7.74. The first-order valence-electron chi connectivity index (χ1n) is 9.08. The molecule has 27 heavy (non-hydrogen) atoms. The third kappa shape index (κ3) is 3.32.